The van der Waals surface area contributed by atoms with Crippen LogP contribution in [0.25, 0.3) is 0 Å². The van der Waals surface area contributed by atoms with Crippen LogP contribution in [0.3, 0.4) is 0 Å². The Kier molecular flexibility index (Phi) is 6.97. The van der Waals surface area contributed by atoms with Crippen LogP contribution in [0.4, 0.5) is 18.0 Å². The maximum Gasteiger partial charge on any atom is 0.416 e. The number of halogens is 3. The van der Waals surface area contributed by atoms with E-state index in [9.17, 15) is 22.8 Å². The van der Waals surface area contributed by atoms with Gasteiger partial charge in [0.25, 0.3) is 5.91 Å². The minimum atomic E-state index is -4.40. The molecule has 35 heavy (non-hydrogen) atoms. The molecule has 3 heterocycles. The van der Waals surface area contributed by atoms with Crippen molar-refractivity contribution in [2.75, 3.05) is 32.7 Å². The second kappa shape index (κ2) is 9.66. The fraction of sp³-hybridized carbons (Fsp3) is 0.577. The molecular formula is C26H32F3N3O3. The van der Waals surface area contributed by atoms with E-state index in [1.165, 1.54) is 6.07 Å². The smallest absolute Gasteiger partial charge is 0.416 e. The number of piperidine rings is 1. The normalized spacial score (nSPS) is 19.9. The minimum Gasteiger partial charge on any atom is -0.444 e. The molecule has 0 N–H and O–H groups in total. The molecule has 9 heteroatoms. The van der Waals surface area contributed by atoms with E-state index in [2.05, 4.69) is 4.99 Å². The van der Waals surface area contributed by atoms with Crippen LogP contribution >= 0.6 is 0 Å². The van der Waals surface area contributed by atoms with E-state index < -0.39 is 23.4 Å². The van der Waals surface area contributed by atoms with E-state index in [4.69, 9.17) is 4.74 Å². The zero-order valence-electron chi connectivity index (χ0n) is 20.5. The molecule has 1 aromatic rings. The van der Waals surface area contributed by atoms with Gasteiger partial charge in [0, 0.05) is 25.2 Å². The maximum atomic E-state index is 13.5. The lowest BCUT2D eigenvalue weighted by molar-refractivity contribution is -0.138. The number of nitrogens with zero attached hydrogens (tertiary/aromatic N) is 3. The third-order valence-corrected chi connectivity index (χ3v) is 6.74. The fourth-order valence-electron chi connectivity index (χ4n) is 5.04. The number of benzene rings is 1. The van der Waals surface area contributed by atoms with Crippen LogP contribution in [0.2, 0.25) is 0 Å². The van der Waals surface area contributed by atoms with Gasteiger partial charge in [-0.3, -0.25) is 9.79 Å². The lowest BCUT2D eigenvalue weighted by Crippen LogP contribution is -2.44. The van der Waals surface area contributed by atoms with Crippen molar-refractivity contribution < 1.29 is 27.5 Å². The number of ether oxygens (including phenoxy) is 1. The van der Waals surface area contributed by atoms with Gasteiger partial charge in [-0.15, -0.1) is 0 Å². The van der Waals surface area contributed by atoms with E-state index in [-0.39, 0.29) is 18.4 Å². The number of alkyl halides is 3. The van der Waals surface area contributed by atoms with E-state index in [0.717, 1.165) is 30.1 Å². The summed E-state index contributed by atoms with van der Waals surface area (Å²) in [5.74, 6) is -0.457. The molecule has 3 aliphatic heterocycles. The second-order valence-electron chi connectivity index (χ2n) is 10.4. The number of carbonyl (C=O) groups excluding carboxylic acids is 2. The van der Waals surface area contributed by atoms with Crippen molar-refractivity contribution >= 4 is 17.7 Å². The highest BCUT2D eigenvalue weighted by atomic mass is 19.4. The van der Waals surface area contributed by atoms with Gasteiger partial charge in [-0.1, -0.05) is 18.2 Å². The summed E-state index contributed by atoms with van der Waals surface area (Å²) in [4.78, 5) is 33.9. The molecule has 0 radical (unpaired) electrons. The Balaban J connectivity index is 1.43. The standard InChI is InChI=1S/C26H32F3N3O3/c1-25(2,3)35-24(34)32-12-6-7-18-15-30-22(20(18)16-32)23(33)31-13-10-17(11-14-31)19-8-4-5-9-21(19)26(27,28)29/h4-5,8-9,17H,6-7,10-16H2,1-3H3. The summed E-state index contributed by atoms with van der Waals surface area (Å²) in [5.41, 5.74) is 1.34. The molecule has 190 valence electrons. The Morgan fingerprint density at radius 2 is 1.71 bits per heavy atom. The number of hydrogen-bond acceptors (Lipinski definition) is 4. The average Bonchev–Trinajstić information content (AvgIpc) is 3.06. The van der Waals surface area contributed by atoms with Crippen molar-refractivity contribution in [3.05, 3.63) is 46.5 Å². The van der Waals surface area contributed by atoms with Gasteiger partial charge in [-0.05, 0) is 69.6 Å². The molecule has 3 aliphatic rings. The Labute approximate surface area is 203 Å². The molecule has 1 aromatic carbocycles. The molecule has 4 rings (SSSR count). The van der Waals surface area contributed by atoms with E-state index in [1.54, 1.807) is 21.9 Å². The van der Waals surface area contributed by atoms with Crippen molar-refractivity contribution in [1.29, 1.82) is 0 Å². The van der Waals surface area contributed by atoms with Gasteiger partial charge < -0.3 is 14.5 Å². The molecule has 1 fully saturated rings. The number of rotatable bonds is 2. The number of likely N-dealkylation sites (tertiary alicyclic amines) is 1. The lowest BCUT2D eigenvalue weighted by Gasteiger charge is -2.33. The molecule has 0 saturated carbocycles. The third-order valence-electron chi connectivity index (χ3n) is 6.74. The highest BCUT2D eigenvalue weighted by Crippen LogP contribution is 2.39. The third kappa shape index (κ3) is 5.70. The number of hydrogen-bond donors (Lipinski definition) is 0. The molecule has 0 aromatic heterocycles. The van der Waals surface area contributed by atoms with Crippen molar-refractivity contribution in [3.8, 4) is 0 Å². The Morgan fingerprint density at radius 1 is 1.03 bits per heavy atom. The summed E-state index contributed by atoms with van der Waals surface area (Å²) in [6.07, 6.45) is -2.34. The SMILES string of the molecule is CC(C)(C)OC(=O)N1CCCC2=C(C1)C(C(=O)N1CCC(c3ccccc3C(F)(F)F)CC1)=NC2. The maximum absolute atomic E-state index is 13.5. The zero-order valence-corrected chi connectivity index (χ0v) is 20.5. The van der Waals surface area contributed by atoms with Gasteiger partial charge in [0.2, 0.25) is 0 Å². The van der Waals surface area contributed by atoms with Gasteiger partial charge in [-0.2, -0.15) is 13.2 Å². The van der Waals surface area contributed by atoms with Gasteiger partial charge in [0.05, 0.1) is 18.7 Å². The van der Waals surface area contributed by atoms with Crippen LogP contribution in [-0.4, -0.2) is 65.8 Å². The predicted molar refractivity (Wildman–Crippen MR) is 126 cm³/mol. The first kappa shape index (κ1) is 25.3. The Morgan fingerprint density at radius 3 is 2.37 bits per heavy atom. The van der Waals surface area contributed by atoms with Gasteiger partial charge in [0.15, 0.2) is 0 Å². The van der Waals surface area contributed by atoms with Crippen molar-refractivity contribution in [2.45, 2.75) is 64.1 Å². The first-order valence-corrected chi connectivity index (χ1v) is 12.1. The molecule has 0 spiro atoms. The largest absolute Gasteiger partial charge is 0.444 e. The number of amides is 2. The first-order chi connectivity index (χ1) is 16.4. The molecule has 0 unspecified atom stereocenters. The summed E-state index contributed by atoms with van der Waals surface area (Å²) in [6.45, 7) is 7.47. The highest BCUT2D eigenvalue weighted by Gasteiger charge is 2.38. The molecule has 0 aliphatic carbocycles. The van der Waals surface area contributed by atoms with Crippen LogP contribution in [0.15, 0.2) is 40.4 Å². The Hall–Kier alpha value is -2.84. The van der Waals surface area contributed by atoms with Gasteiger partial charge in [-0.25, -0.2) is 4.79 Å². The highest BCUT2D eigenvalue weighted by molar-refractivity contribution is 6.46. The van der Waals surface area contributed by atoms with Crippen LogP contribution in [0.5, 0.6) is 0 Å². The molecular weight excluding hydrogens is 459 g/mol. The lowest BCUT2D eigenvalue weighted by atomic mass is 9.86. The Bertz CT molecular complexity index is 1050. The van der Waals surface area contributed by atoms with Gasteiger partial charge >= 0.3 is 12.3 Å². The molecule has 0 bridgehead atoms. The van der Waals surface area contributed by atoms with E-state index >= 15 is 0 Å². The fourth-order valence-corrected chi connectivity index (χ4v) is 5.04. The quantitative estimate of drug-likeness (QED) is 0.572. The van der Waals surface area contributed by atoms with Gasteiger partial charge in [0.1, 0.15) is 11.3 Å². The molecule has 0 atom stereocenters. The minimum absolute atomic E-state index is 0.205. The zero-order chi connectivity index (χ0) is 25.4. The summed E-state index contributed by atoms with van der Waals surface area (Å²) >= 11 is 0. The first-order valence-electron chi connectivity index (χ1n) is 12.1. The van der Waals surface area contributed by atoms with E-state index in [0.29, 0.717) is 50.3 Å². The molecule has 2 amide bonds. The molecule has 6 nitrogen and oxygen atoms in total. The van der Waals surface area contributed by atoms with E-state index in [1.807, 2.05) is 20.8 Å². The predicted octanol–water partition coefficient (Wildman–Crippen LogP) is 5.19. The summed E-state index contributed by atoms with van der Waals surface area (Å²) in [5, 5.41) is 0. The van der Waals surface area contributed by atoms with Crippen molar-refractivity contribution in [2.24, 2.45) is 4.99 Å². The van der Waals surface area contributed by atoms with Crippen LogP contribution in [0, 0.1) is 0 Å². The topological polar surface area (TPSA) is 62.2 Å². The number of aliphatic imine (C=N–C) groups is 1. The summed E-state index contributed by atoms with van der Waals surface area (Å²) < 4.78 is 45.9. The summed E-state index contributed by atoms with van der Waals surface area (Å²) in [6, 6.07) is 5.70. The van der Waals surface area contributed by atoms with Crippen LogP contribution < -0.4 is 0 Å². The second-order valence-corrected chi connectivity index (χ2v) is 10.4. The summed E-state index contributed by atoms with van der Waals surface area (Å²) in [7, 11) is 0. The van der Waals surface area contributed by atoms with Crippen molar-refractivity contribution in [1.82, 2.24) is 9.80 Å². The number of carbonyl (C=O) groups is 2. The van der Waals surface area contributed by atoms with Crippen LogP contribution in [-0.2, 0) is 15.7 Å². The van der Waals surface area contributed by atoms with Crippen molar-refractivity contribution in [3.63, 3.8) is 0 Å². The monoisotopic (exact) mass is 491 g/mol. The van der Waals surface area contributed by atoms with Crippen LogP contribution in [0.1, 0.15) is 63.5 Å². The average molecular weight is 492 g/mol. The molecule has 1 saturated heterocycles.